The van der Waals surface area contributed by atoms with Gasteiger partial charge in [-0.3, -0.25) is 0 Å². The summed E-state index contributed by atoms with van der Waals surface area (Å²) in [6.07, 6.45) is -0.0839. The first-order valence-corrected chi connectivity index (χ1v) is 4.52. The minimum Gasteiger partial charge on any atom is -0.157 e. The number of rotatable bonds is 0. The topological polar surface area (TPSA) is 0 Å². The van der Waals surface area contributed by atoms with Gasteiger partial charge in [0.15, 0.2) is 0 Å². The Kier molecular flexibility index (Phi) is 1.19. The van der Waals surface area contributed by atoms with E-state index in [1.165, 1.54) is 5.56 Å². The van der Waals surface area contributed by atoms with Crippen molar-refractivity contribution >= 4 is 11.8 Å². The molecule has 0 saturated carbocycles. The normalized spacial score (nSPS) is 26.6. The van der Waals surface area contributed by atoms with Gasteiger partial charge in [-0.05, 0) is 23.3 Å². The number of hydrogen-bond acceptors (Lipinski definition) is 1. The second kappa shape index (κ2) is 2.67. The summed E-state index contributed by atoms with van der Waals surface area (Å²) < 4.78 is 15.2. The van der Waals surface area contributed by atoms with E-state index in [4.69, 9.17) is 2.74 Å². The van der Waals surface area contributed by atoms with Gasteiger partial charge in [0.2, 0.25) is 0 Å². The van der Waals surface area contributed by atoms with Crippen molar-refractivity contribution in [2.45, 2.75) is 12.1 Å². The number of thioether (sulfide) groups is 1. The predicted octanol–water partition coefficient (Wildman–Crippen LogP) is 2.48. The fraction of sp³-hybridized carbons (Fsp3) is 0.333. The Labute approximate surface area is 68.5 Å². The summed E-state index contributed by atoms with van der Waals surface area (Å²) in [6, 6.07) is 6.14. The lowest BCUT2D eigenvalue weighted by Crippen LogP contribution is -2.00. The Morgan fingerprint density at radius 2 is 2.50 bits per heavy atom. The van der Waals surface area contributed by atoms with Crippen molar-refractivity contribution in [3.8, 4) is 0 Å². The van der Waals surface area contributed by atoms with Crippen molar-refractivity contribution in [1.29, 1.82) is 0 Å². The molecular weight excluding hydrogens is 140 g/mol. The van der Waals surface area contributed by atoms with Crippen LogP contribution in [0.3, 0.4) is 0 Å². The molecule has 52 valence electrons. The van der Waals surface area contributed by atoms with E-state index < -0.39 is 0 Å². The largest absolute Gasteiger partial charge is 0.157 e. The van der Waals surface area contributed by atoms with E-state index in [0.717, 1.165) is 17.1 Å². The SMILES string of the molecule is [2H]c1ccc2c(c1)CSCC2[2H]. The van der Waals surface area contributed by atoms with Gasteiger partial charge in [-0.2, -0.15) is 11.8 Å². The molecule has 0 aliphatic carbocycles. The molecule has 0 aromatic heterocycles. The maximum atomic E-state index is 7.74. The van der Waals surface area contributed by atoms with Crippen LogP contribution in [0.25, 0.3) is 0 Å². The third-order valence-electron chi connectivity index (χ3n) is 1.67. The lowest BCUT2D eigenvalue weighted by Gasteiger charge is -2.13. The monoisotopic (exact) mass is 152 g/mol. The van der Waals surface area contributed by atoms with Crippen LogP contribution < -0.4 is 0 Å². The predicted molar refractivity (Wildman–Crippen MR) is 46.3 cm³/mol. The van der Waals surface area contributed by atoms with Gasteiger partial charge in [0.25, 0.3) is 0 Å². The van der Waals surface area contributed by atoms with E-state index >= 15 is 0 Å². The first-order chi connectivity index (χ1) is 5.77. The first-order valence-electron chi connectivity index (χ1n) is 4.44. The molecule has 1 aromatic carbocycles. The summed E-state index contributed by atoms with van der Waals surface area (Å²) in [4.78, 5) is 0. The minimum atomic E-state index is -0.0839. The molecule has 0 radical (unpaired) electrons. The highest BCUT2D eigenvalue weighted by atomic mass is 32.2. The van der Waals surface area contributed by atoms with Gasteiger partial charge in [-0.1, -0.05) is 24.2 Å². The fourth-order valence-electron chi connectivity index (χ4n) is 1.12. The third-order valence-corrected chi connectivity index (χ3v) is 2.58. The molecule has 0 saturated heterocycles. The van der Waals surface area contributed by atoms with Crippen molar-refractivity contribution in [2.24, 2.45) is 0 Å². The van der Waals surface area contributed by atoms with Crippen LogP contribution in [0.1, 0.15) is 13.9 Å². The molecule has 0 bridgehead atoms. The zero-order valence-corrected chi connectivity index (χ0v) is 6.45. The van der Waals surface area contributed by atoms with Crippen molar-refractivity contribution < 1.29 is 2.74 Å². The minimum absolute atomic E-state index is 0.0839. The molecule has 1 heterocycles. The van der Waals surface area contributed by atoms with Gasteiger partial charge < -0.3 is 0 Å². The molecule has 1 aliphatic rings. The highest BCUT2D eigenvalue weighted by Crippen LogP contribution is 2.23. The summed E-state index contributed by atoms with van der Waals surface area (Å²) >= 11 is 1.78. The smallest absolute Gasteiger partial charge is 0.0623 e. The second-order valence-corrected chi connectivity index (χ2v) is 3.37. The number of benzene rings is 1. The second-order valence-electron chi connectivity index (χ2n) is 2.34. The number of hydrogen-bond donors (Lipinski definition) is 0. The standard InChI is InChI=1S/C9H10S/c1-2-4-9-7-10-6-5-8(9)3-1/h1-4H,5-7H2/i2D,5D. The Bertz CT molecular complexity index is 299. The average molecular weight is 152 g/mol. The van der Waals surface area contributed by atoms with Gasteiger partial charge in [-0.15, -0.1) is 0 Å². The molecule has 1 aromatic rings. The Balaban J connectivity index is 2.46. The first kappa shape index (κ1) is 4.45. The van der Waals surface area contributed by atoms with Gasteiger partial charge in [0.05, 0.1) is 1.37 Å². The number of fused-ring (bicyclic) bond motifs is 1. The quantitative estimate of drug-likeness (QED) is 0.550. The van der Waals surface area contributed by atoms with Crippen molar-refractivity contribution in [3.63, 3.8) is 0 Å². The number of aryl methyl sites for hydroxylation is 1. The lowest BCUT2D eigenvalue weighted by molar-refractivity contribution is 1.09. The van der Waals surface area contributed by atoms with Crippen LogP contribution in [0.15, 0.2) is 24.2 Å². The molecular formula is C9H10S. The van der Waals surface area contributed by atoms with E-state index in [9.17, 15) is 0 Å². The van der Waals surface area contributed by atoms with Gasteiger partial charge in [0, 0.05) is 7.12 Å². The summed E-state index contributed by atoms with van der Waals surface area (Å²) in [5.74, 6) is 1.86. The van der Waals surface area contributed by atoms with E-state index in [0.29, 0.717) is 6.04 Å². The van der Waals surface area contributed by atoms with Gasteiger partial charge in [-0.25, -0.2) is 0 Å². The summed E-state index contributed by atoms with van der Waals surface area (Å²) in [5, 5.41) is 0. The fourth-order valence-corrected chi connectivity index (χ4v) is 2.00. The van der Waals surface area contributed by atoms with Crippen LogP contribution in [0.5, 0.6) is 0 Å². The molecule has 10 heavy (non-hydrogen) atoms. The molecule has 0 nitrogen and oxygen atoms in total. The van der Waals surface area contributed by atoms with Crippen molar-refractivity contribution in [2.75, 3.05) is 5.75 Å². The molecule has 0 N–H and O–H groups in total. The molecule has 0 fully saturated rings. The Hall–Kier alpha value is -0.430. The van der Waals surface area contributed by atoms with Crippen LogP contribution in [0, 0.1) is 0 Å². The summed E-state index contributed by atoms with van der Waals surface area (Å²) in [6.45, 7) is 0. The van der Waals surface area contributed by atoms with Crippen LogP contribution in [0.2, 0.25) is 0 Å². The molecule has 1 unspecified atom stereocenters. The van der Waals surface area contributed by atoms with Crippen LogP contribution in [0.4, 0.5) is 0 Å². The third kappa shape index (κ3) is 1.06. The van der Waals surface area contributed by atoms with E-state index in [2.05, 4.69) is 0 Å². The van der Waals surface area contributed by atoms with E-state index in [1.54, 1.807) is 17.8 Å². The maximum Gasteiger partial charge on any atom is 0.0623 e. The van der Waals surface area contributed by atoms with E-state index in [-0.39, 0.29) is 6.40 Å². The van der Waals surface area contributed by atoms with E-state index in [1.807, 2.05) is 12.1 Å². The zero-order valence-electron chi connectivity index (χ0n) is 7.63. The molecule has 1 atom stereocenters. The Morgan fingerprint density at radius 1 is 1.50 bits per heavy atom. The van der Waals surface area contributed by atoms with Crippen LogP contribution in [-0.4, -0.2) is 5.75 Å². The lowest BCUT2D eigenvalue weighted by atomic mass is 10.1. The van der Waals surface area contributed by atoms with Crippen molar-refractivity contribution in [1.82, 2.24) is 0 Å². The molecule has 1 aliphatic heterocycles. The van der Waals surface area contributed by atoms with Gasteiger partial charge >= 0.3 is 0 Å². The molecule has 0 spiro atoms. The molecule has 0 amide bonds. The maximum absolute atomic E-state index is 7.74. The van der Waals surface area contributed by atoms with Gasteiger partial charge in [0.1, 0.15) is 0 Å². The molecule has 1 heteroatoms. The van der Waals surface area contributed by atoms with Crippen molar-refractivity contribution in [3.05, 3.63) is 35.4 Å². The molecule has 2 rings (SSSR count). The summed E-state index contributed by atoms with van der Waals surface area (Å²) in [7, 11) is 0. The average Bonchev–Trinajstić information content (AvgIpc) is 2.04. The highest BCUT2D eigenvalue weighted by molar-refractivity contribution is 7.98. The van der Waals surface area contributed by atoms with Crippen LogP contribution in [-0.2, 0) is 12.1 Å². The zero-order chi connectivity index (χ0) is 8.55. The van der Waals surface area contributed by atoms with Crippen LogP contribution >= 0.6 is 11.8 Å². The highest BCUT2D eigenvalue weighted by Gasteiger charge is 2.06. The Morgan fingerprint density at radius 3 is 3.50 bits per heavy atom. The summed E-state index contributed by atoms with van der Waals surface area (Å²) in [5.41, 5.74) is 2.29.